The molecular weight excluding hydrogens is 236 g/mol. The van der Waals surface area contributed by atoms with Crippen LogP contribution >= 0.6 is 11.3 Å². The zero-order chi connectivity index (χ0) is 12.1. The van der Waals surface area contributed by atoms with Gasteiger partial charge < -0.3 is 10.4 Å². The number of carbonyl (C=O) groups excluding carboxylic acids is 1. The Balaban J connectivity index is 2.09. The Labute approximate surface area is 103 Å². The zero-order valence-corrected chi connectivity index (χ0v) is 9.85. The van der Waals surface area contributed by atoms with Crippen LogP contribution in [-0.4, -0.2) is 22.6 Å². The van der Waals surface area contributed by atoms with Gasteiger partial charge in [-0.05, 0) is 5.56 Å². The molecule has 4 nitrogen and oxygen atoms in total. The molecule has 1 aromatic carbocycles. The Hall–Kier alpha value is -1.72. The second kappa shape index (κ2) is 5.56. The average molecular weight is 248 g/mol. The summed E-state index contributed by atoms with van der Waals surface area (Å²) in [5.41, 5.74) is 2.86. The molecule has 0 saturated heterocycles. The summed E-state index contributed by atoms with van der Waals surface area (Å²) in [6, 6.07) is 8.95. The molecule has 1 atom stereocenters. The van der Waals surface area contributed by atoms with E-state index in [1.807, 2.05) is 30.3 Å². The van der Waals surface area contributed by atoms with Crippen molar-refractivity contribution in [3.05, 3.63) is 52.5 Å². The van der Waals surface area contributed by atoms with Crippen LogP contribution in [0, 0.1) is 0 Å². The summed E-state index contributed by atoms with van der Waals surface area (Å²) < 4.78 is 0. The number of aliphatic hydroxyl groups is 1. The fraction of sp³-hybridized carbons (Fsp3) is 0.167. The highest BCUT2D eigenvalue weighted by Gasteiger charge is 2.15. The third kappa shape index (κ3) is 2.89. The van der Waals surface area contributed by atoms with Crippen LogP contribution in [0.2, 0.25) is 0 Å². The van der Waals surface area contributed by atoms with E-state index in [1.54, 1.807) is 10.9 Å². The molecule has 1 amide bonds. The molecule has 0 spiro atoms. The summed E-state index contributed by atoms with van der Waals surface area (Å²) in [4.78, 5) is 15.7. The fourth-order valence-electron chi connectivity index (χ4n) is 1.48. The van der Waals surface area contributed by atoms with Crippen LogP contribution in [0.5, 0.6) is 0 Å². The molecule has 0 aliphatic rings. The fourth-order valence-corrected chi connectivity index (χ4v) is 2.01. The lowest BCUT2D eigenvalue weighted by Gasteiger charge is -2.15. The van der Waals surface area contributed by atoms with Crippen molar-refractivity contribution in [1.82, 2.24) is 10.3 Å². The van der Waals surface area contributed by atoms with Gasteiger partial charge in [0.05, 0.1) is 18.2 Å². The Morgan fingerprint density at radius 2 is 2.18 bits per heavy atom. The van der Waals surface area contributed by atoms with E-state index in [-0.39, 0.29) is 12.5 Å². The van der Waals surface area contributed by atoms with E-state index in [2.05, 4.69) is 10.3 Å². The topological polar surface area (TPSA) is 62.2 Å². The van der Waals surface area contributed by atoms with Gasteiger partial charge in [-0.25, -0.2) is 4.98 Å². The highest BCUT2D eigenvalue weighted by molar-refractivity contribution is 7.07. The maximum absolute atomic E-state index is 11.8. The minimum Gasteiger partial charge on any atom is -0.394 e. The lowest BCUT2D eigenvalue weighted by molar-refractivity contribution is 0.0912. The third-order valence-corrected chi connectivity index (χ3v) is 2.94. The van der Waals surface area contributed by atoms with Crippen molar-refractivity contribution in [3.8, 4) is 0 Å². The minimum absolute atomic E-state index is 0.139. The zero-order valence-electron chi connectivity index (χ0n) is 9.04. The first-order chi connectivity index (χ1) is 8.31. The number of hydrogen-bond donors (Lipinski definition) is 2. The molecule has 1 unspecified atom stereocenters. The van der Waals surface area contributed by atoms with Crippen LogP contribution < -0.4 is 5.32 Å². The molecule has 5 heteroatoms. The largest absolute Gasteiger partial charge is 0.394 e. The lowest BCUT2D eigenvalue weighted by Crippen LogP contribution is -2.30. The standard InChI is InChI=1S/C12H12N2O2S/c15-6-10(9-4-2-1-3-5-9)14-12(16)11-7-17-8-13-11/h1-5,7-8,10,15H,6H2,(H,14,16). The average Bonchev–Trinajstić information content (AvgIpc) is 2.90. The lowest BCUT2D eigenvalue weighted by atomic mass is 10.1. The number of aromatic nitrogens is 1. The van der Waals surface area contributed by atoms with E-state index in [1.165, 1.54) is 11.3 Å². The van der Waals surface area contributed by atoms with Gasteiger partial charge in [-0.15, -0.1) is 11.3 Å². The number of hydrogen-bond acceptors (Lipinski definition) is 4. The van der Waals surface area contributed by atoms with Gasteiger partial charge in [-0.3, -0.25) is 4.79 Å². The van der Waals surface area contributed by atoms with Crippen LogP contribution in [0.1, 0.15) is 22.1 Å². The number of benzene rings is 1. The molecular formula is C12H12N2O2S. The normalized spacial score (nSPS) is 12.1. The van der Waals surface area contributed by atoms with Gasteiger partial charge in [-0.2, -0.15) is 0 Å². The van der Waals surface area contributed by atoms with E-state index in [9.17, 15) is 9.90 Å². The number of nitrogens with zero attached hydrogens (tertiary/aromatic N) is 1. The summed E-state index contributed by atoms with van der Waals surface area (Å²) >= 11 is 1.36. The van der Waals surface area contributed by atoms with Crippen molar-refractivity contribution < 1.29 is 9.90 Å². The van der Waals surface area contributed by atoms with Crippen molar-refractivity contribution >= 4 is 17.2 Å². The Bertz CT molecular complexity index is 471. The predicted molar refractivity (Wildman–Crippen MR) is 65.8 cm³/mol. The van der Waals surface area contributed by atoms with E-state index in [4.69, 9.17) is 0 Å². The number of aliphatic hydroxyl groups excluding tert-OH is 1. The van der Waals surface area contributed by atoms with Crippen molar-refractivity contribution in [1.29, 1.82) is 0 Å². The number of rotatable bonds is 4. The maximum atomic E-state index is 11.8. The number of carbonyl (C=O) groups is 1. The molecule has 1 aromatic heterocycles. The van der Waals surface area contributed by atoms with Crippen molar-refractivity contribution in [2.75, 3.05) is 6.61 Å². The van der Waals surface area contributed by atoms with E-state index < -0.39 is 6.04 Å². The number of nitrogens with one attached hydrogen (secondary N) is 1. The van der Waals surface area contributed by atoms with Crippen LogP contribution in [-0.2, 0) is 0 Å². The predicted octanol–water partition coefficient (Wildman–Crippen LogP) is 1.61. The van der Waals surface area contributed by atoms with Crippen molar-refractivity contribution in [2.24, 2.45) is 0 Å². The monoisotopic (exact) mass is 248 g/mol. The van der Waals surface area contributed by atoms with Crippen LogP contribution in [0.3, 0.4) is 0 Å². The van der Waals surface area contributed by atoms with Crippen LogP contribution in [0.25, 0.3) is 0 Å². The van der Waals surface area contributed by atoms with Gasteiger partial charge in [0.15, 0.2) is 0 Å². The molecule has 0 aliphatic heterocycles. The SMILES string of the molecule is O=C(NC(CO)c1ccccc1)c1cscn1. The molecule has 2 rings (SSSR count). The summed E-state index contributed by atoms with van der Waals surface area (Å²) in [7, 11) is 0. The molecule has 0 saturated carbocycles. The molecule has 17 heavy (non-hydrogen) atoms. The Morgan fingerprint density at radius 3 is 2.76 bits per heavy atom. The minimum atomic E-state index is -0.398. The third-order valence-electron chi connectivity index (χ3n) is 2.35. The highest BCUT2D eigenvalue weighted by atomic mass is 32.1. The van der Waals surface area contributed by atoms with Gasteiger partial charge in [0.25, 0.3) is 5.91 Å². The summed E-state index contributed by atoms with van der Waals surface area (Å²) in [6.07, 6.45) is 0. The quantitative estimate of drug-likeness (QED) is 0.864. The Kier molecular flexibility index (Phi) is 3.85. The van der Waals surface area contributed by atoms with Gasteiger partial charge in [0, 0.05) is 5.38 Å². The first kappa shape index (κ1) is 11.8. The van der Waals surface area contributed by atoms with Gasteiger partial charge >= 0.3 is 0 Å². The molecule has 88 valence electrons. The summed E-state index contributed by atoms with van der Waals surface area (Å²) in [5, 5.41) is 13.7. The van der Waals surface area contributed by atoms with E-state index >= 15 is 0 Å². The number of amides is 1. The molecule has 0 aliphatic carbocycles. The maximum Gasteiger partial charge on any atom is 0.271 e. The molecule has 0 fully saturated rings. The number of thiazole rings is 1. The van der Waals surface area contributed by atoms with Gasteiger partial charge in [-0.1, -0.05) is 30.3 Å². The smallest absolute Gasteiger partial charge is 0.271 e. The first-order valence-electron chi connectivity index (χ1n) is 5.16. The molecule has 0 bridgehead atoms. The molecule has 2 aromatic rings. The molecule has 2 N–H and O–H groups in total. The van der Waals surface area contributed by atoms with Crippen molar-refractivity contribution in [3.63, 3.8) is 0 Å². The van der Waals surface area contributed by atoms with Crippen LogP contribution in [0.15, 0.2) is 41.2 Å². The summed E-state index contributed by atoms with van der Waals surface area (Å²) in [5.74, 6) is -0.269. The van der Waals surface area contributed by atoms with E-state index in [0.29, 0.717) is 5.69 Å². The van der Waals surface area contributed by atoms with Gasteiger partial charge in [0.1, 0.15) is 5.69 Å². The van der Waals surface area contributed by atoms with Crippen molar-refractivity contribution in [2.45, 2.75) is 6.04 Å². The summed E-state index contributed by atoms with van der Waals surface area (Å²) in [6.45, 7) is -0.139. The van der Waals surface area contributed by atoms with Crippen LogP contribution in [0.4, 0.5) is 0 Å². The molecule has 1 heterocycles. The second-order valence-electron chi connectivity index (χ2n) is 3.49. The van der Waals surface area contributed by atoms with E-state index in [0.717, 1.165) is 5.56 Å². The van der Waals surface area contributed by atoms with Gasteiger partial charge in [0.2, 0.25) is 0 Å². The Morgan fingerprint density at radius 1 is 1.41 bits per heavy atom. The molecule has 0 radical (unpaired) electrons. The second-order valence-corrected chi connectivity index (χ2v) is 4.21. The first-order valence-corrected chi connectivity index (χ1v) is 6.10. The highest BCUT2D eigenvalue weighted by Crippen LogP contribution is 2.12.